The number of benzene rings is 1. The first-order valence-corrected chi connectivity index (χ1v) is 10.9. The molecule has 0 saturated heterocycles. The fourth-order valence-electron chi connectivity index (χ4n) is 2.80. The van der Waals surface area contributed by atoms with Crippen molar-refractivity contribution in [2.75, 3.05) is 5.75 Å². The number of unbranched alkanes of at least 4 members (excludes halogenated alkanes) is 4. The maximum absolute atomic E-state index is 12.0. The van der Waals surface area contributed by atoms with E-state index in [1.54, 1.807) is 20.8 Å². The minimum atomic E-state index is -2.96. The number of hydrogen-bond donors (Lipinski definition) is 0. The molecule has 0 spiro atoms. The number of nitrogens with zero attached hydrogens (tertiary/aromatic N) is 1. The number of hydrogen-bond acceptors (Lipinski definition) is 2. The van der Waals surface area contributed by atoms with Gasteiger partial charge in [0.15, 0.2) is 9.84 Å². The minimum Gasteiger partial charge on any atom is -0.324 e. The highest BCUT2D eigenvalue weighted by Gasteiger charge is 2.27. The van der Waals surface area contributed by atoms with Gasteiger partial charge in [-0.05, 0) is 69.9 Å². The molecule has 0 aliphatic rings. The second kappa shape index (κ2) is 8.70. The number of aromatic nitrogens is 1. The largest absolute Gasteiger partial charge is 0.324 e. The van der Waals surface area contributed by atoms with Crippen LogP contribution in [0.4, 0.5) is 0 Å². The third-order valence-electron chi connectivity index (χ3n) is 4.65. The van der Waals surface area contributed by atoms with Crippen LogP contribution in [0.15, 0.2) is 48.8 Å². The molecule has 0 aliphatic carbocycles. The molecule has 138 valence electrons. The Morgan fingerprint density at radius 1 is 0.840 bits per heavy atom. The summed E-state index contributed by atoms with van der Waals surface area (Å²) in [7, 11) is -2.96. The van der Waals surface area contributed by atoms with Crippen LogP contribution in [-0.2, 0) is 16.3 Å². The van der Waals surface area contributed by atoms with Crippen LogP contribution in [0.2, 0.25) is 0 Å². The summed E-state index contributed by atoms with van der Waals surface area (Å²) in [5, 5.41) is 0. The van der Waals surface area contributed by atoms with Crippen LogP contribution in [0.3, 0.4) is 0 Å². The van der Waals surface area contributed by atoms with Crippen molar-refractivity contribution in [2.45, 2.75) is 64.0 Å². The fourth-order valence-corrected chi connectivity index (χ4v) is 4.00. The van der Waals surface area contributed by atoms with Gasteiger partial charge in [-0.1, -0.05) is 31.4 Å². The lowest BCUT2D eigenvalue weighted by molar-refractivity contribution is 0.552. The van der Waals surface area contributed by atoms with Gasteiger partial charge in [0.05, 0.1) is 10.5 Å². The van der Waals surface area contributed by atoms with Gasteiger partial charge in [-0.2, -0.15) is 0 Å². The lowest BCUT2D eigenvalue weighted by Crippen LogP contribution is -2.30. The zero-order chi connectivity index (χ0) is 18.3. The third kappa shape index (κ3) is 6.03. The van der Waals surface area contributed by atoms with E-state index < -0.39 is 14.6 Å². The van der Waals surface area contributed by atoms with Gasteiger partial charge in [-0.3, -0.25) is 0 Å². The summed E-state index contributed by atoms with van der Waals surface area (Å²) in [4.78, 5) is 0. The van der Waals surface area contributed by atoms with Crippen molar-refractivity contribution in [3.63, 3.8) is 0 Å². The average molecular weight is 362 g/mol. The van der Waals surface area contributed by atoms with E-state index in [0.717, 1.165) is 38.5 Å². The molecule has 25 heavy (non-hydrogen) atoms. The summed E-state index contributed by atoms with van der Waals surface area (Å²) in [5.74, 6) is 0.317. The molecule has 0 amide bonds. The SMILES string of the molecule is CC(C)(C)S(=O)(=O)CCCCCCCc1ccc(-n2cccc2)cc1. The topological polar surface area (TPSA) is 39.1 Å². The Kier molecular flexibility index (Phi) is 6.88. The Hall–Kier alpha value is -1.55. The lowest BCUT2D eigenvalue weighted by atomic mass is 10.1. The van der Waals surface area contributed by atoms with Crippen LogP contribution < -0.4 is 0 Å². The molecule has 0 fully saturated rings. The second-order valence-corrected chi connectivity index (χ2v) is 10.6. The van der Waals surface area contributed by atoms with Crippen molar-refractivity contribution in [3.05, 3.63) is 54.4 Å². The summed E-state index contributed by atoms with van der Waals surface area (Å²) in [5.41, 5.74) is 2.56. The van der Waals surface area contributed by atoms with Crippen LogP contribution >= 0.6 is 0 Å². The Morgan fingerprint density at radius 2 is 1.40 bits per heavy atom. The molecule has 1 aromatic heterocycles. The number of sulfone groups is 1. The van der Waals surface area contributed by atoms with Crippen LogP contribution in [0.25, 0.3) is 5.69 Å². The van der Waals surface area contributed by atoms with E-state index in [-0.39, 0.29) is 0 Å². The van der Waals surface area contributed by atoms with Gasteiger partial charge in [0.25, 0.3) is 0 Å². The van der Waals surface area contributed by atoms with Gasteiger partial charge < -0.3 is 4.57 Å². The highest BCUT2D eigenvalue weighted by molar-refractivity contribution is 7.92. The molecule has 0 saturated carbocycles. The van der Waals surface area contributed by atoms with Crippen molar-refractivity contribution in [1.82, 2.24) is 4.57 Å². The highest BCUT2D eigenvalue weighted by atomic mass is 32.2. The molecule has 2 rings (SSSR count). The van der Waals surface area contributed by atoms with Gasteiger partial charge in [0.1, 0.15) is 0 Å². The monoisotopic (exact) mass is 361 g/mol. The molecule has 0 atom stereocenters. The Labute approximate surface area is 153 Å². The fraction of sp³-hybridized carbons (Fsp3) is 0.524. The smallest absolute Gasteiger partial charge is 0.155 e. The summed E-state index contributed by atoms with van der Waals surface area (Å²) in [6, 6.07) is 12.8. The lowest BCUT2D eigenvalue weighted by Gasteiger charge is -2.18. The molecule has 0 radical (unpaired) electrons. The average Bonchev–Trinajstić information content (AvgIpc) is 3.08. The molecule has 4 heteroatoms. The van der Waals surface area contributed by atoms with Gasteiger partial charge in [0.2, 0.25) is 0 Å². The summed E-state index contributed by atoms with van der Waals surface area (Å²) >= 11 is 0. The highest BCUT2D eigenvalue weighted by Crippen LogP contribution is 2.18. The summed E-state index contributed by atoms with van der Waals surface area (Å²) < 4.78 is 25.6. The molecule has 1 heterocycles. The first-order valence-electron chi connectivity index (χ1n) is 9.24. The van der Waals surface area contributed by atoms with E-state index in [1.165, 1.54) is 11.3 Å². The third-order valence-corrected chi connectivity index (χ3v) is 7.34. The molecule has 1 aromatic carbocycles. The molecular weight excluding hydrogens is 330 g/mol. The van der Waals surface area contributed by atoms with Crippen LogP contribution in [0, 0.1) is 0 Å². The van der Waals surface area contributed by atoms with E-state index in [4.69, 9.17) is 0 Å². The molecular formula is C21H31NO2S. The molecule has 0 aliphatic heterocycles. The van der Waals surface area contributed by atoms with Gasteiger partial charge >= 0.3 is 0 Å². The van der Waals surface area contributed by atoms with Crippen LogP contribution in [0.1, 0.15) is 58.4 Å². The molecule has 2 aromatic rings. The quantitative estimate of drug-likeness (QED) is 0.577. The maximum atomic E-state index is 12.0. The predicted octanol–water partition coefficient (Wildman–Crippen LogP) is 5.18. The molecule has 0 bridgehead atoms. The maximum Gasteiger partial charge on any atom is 0.155 e. The van der Waals surface area contributed by atoms with Crippen molar-refractivity contribution in [1.29, 1.82) is 0 Å². The first-order chi connectivity index (χ1) is 11.8. The number of aryl methyl sites for hydroxylation is 1. The summed E-state index contributed by atoms with van der Waals surface area (Å²) in [6.45, 7) is 5.34. The van der Waals surface area contributed by atoms with Gasteiger partial charge in [-0.25, -0.2) is 8.42 Å². The number of rotatable bonds is 9. The van der Waals surface area contributed by atoms with Crippen LogP contribution in [0.5, 0.6) is 0 Å². The van der Waals surface area contributed by atoms with E-state index in [2.05, 4.69) is 41.2 Å². The van der Waals surface area contributed by atoms with Crippen LogP contribution in [-0.4, -0.2) is 23.5 Å². The molecule has 0 N–H and O–H groups in total. The minimum absolute atomic E-state index is 0.317. The van der Waals surface area contributed by atoms with Gasteiger partial charge in [-0.15, -0.1) is 0 Å². The van der Waals surface area contributed by atoms with E-state index >= 15 is 0 Å². The second-order valence-electron chi connectivity index (χ2n) is 7.71. The standard InChI is InChI=1S/C21H31NO2S/c1-21(2,3)25(23,24)18-10-6-4-5-7-11-19-12-14-20(15-13-19)22-16-8-9-17-22/h8-9,12-17H,4-7,10-11,18H2,1-3H3. The molecule has 0 unspecified atom stereocenters. The zero-order valence-corrected chi connectivity index (χ0v) is 16.6. The normalized spacial score (nSPS) is 12.4. The van der Waals surface area contributed by atoms with Crippen molar-refractivity contribution < 1.29 is 8.42 Å². The van der Waals surface area contributed by atoms with E-state index in [1.807, 2.05) is 12.1 Å². The van der Waals surface area contributed by atoms with Crippen molar-refractivity contribution in [3.8, 4) is 5.69 Å². The first kappa shape index (κ1) is 19.8. The summed E-state index contributed by atoms with van der Waals surface area (Å²) in [6.07, 6.45) is 10.4. The Balaban J connectivity index is 1.62. The van der Waals surface area contributed by atoms with Crippen molar-refractivity contribution >= 4 is 9.84 Å². The Bertz CT molecular complexity index is 723. The predicted molar refractivity (Wildman–Crippen MR) is 106 cm³/mol. The Morgan fingerprint density at radius 3 is 2.00 bits per heavy atom. The zero-order valence-electron chi connectivity index (χ0n) is 15.7. The molecule has 3 nitrogen and oxygen atoms in total. The van der Waals surface area contributed by atoms with Crippen molar-refractivity contribution in [2.24, 2.45) is 0 Å². The van der Waals surface area contributed by atoms with E-state index in [0.29, 0.717) is 5.75 Å². The van der Waals surface area contributed by atoms with E-state index in [9.17, 15) is 8.42 Å². The van der Waals surface area contributed by atoms with Gasteiger partial charge in [0, 0.05) is 18.1 Å².